The Kier molecular flexibility index (Phi) is 4.01. The summed E-state index contributed by atoms with van der Waals surface area (Å²) in [5.74, 6) is 0. The van der Waals surface area contributed by atoms with Crippen molar-refractivity contribution >= 4 is 29.7 Å². The van der Waals surface area contributed by atoms with Gasteiger partial charge in [0, 0.05) is 16.3 Å². The Morgan fingerprint density at radius 2 is 1.67 bits per heavy atom. The van der Waals surface area contributed by atoms with Crippen molar-refractivity contribution in [1.29, 1.82) is 0 Å². The number of nitrogens with two attached hydrogens (primary N) is 1. The first-order valence-electron chi connectivity index (χ1n) is 4.38. The van der Waals surface area contributed by atoms with Gasteiger partial charge in [-0.25, -0.2) is 0 Å². The summed E-state index contributed by atoms with van der Waals surface area (Å²) in [6, 6.07) is 15.4. The van der Waals surface area contributed by atoms with E-state index in [-0.39, 0.29) is 12.4 Å². The predicted molar refractivity (Wildman–Crippen MR) is 68.5 cm³/mol. The second-order valence-corrected chi connectivity index (χ2v) is 3.53. The number of rotatable bonds is 1. The van der Waals surface area contributed by atoms with Crippen molar-refractivity contribution in [2.24, 2.45) is 0 Å². The van der Waals surface area contributed by atoms with Gasteiger partial charge >= 0.3 is 0 Å². The highest BCUT2D eigenvalue weighted by molar-refractivity contribution is 6.30. The van der Waals surface area contributed by atoms with Gasteiger partial charge in [-0.2, -0.15) is 0 Å². The normalized spacial score (nSPS) is 9.40. The fourth-order valence-corrected chi connectivity index (χ4v) is 1.61. The largest absolute Gasteiger partial charge is 0.398 e. The van der Waals surface area contributed by atoms with E-state index in [1.54, 1.807) is 0 Å². The molecule has 0 aromatic heterocycles. The molecule has 0 aliphatic carbocycles. The van der Waals surface area contributed by atoms with E-state index < -0.39 is 0 Å². The molecule has 0 aliphatic heterocycles. The van der Waals surface area contributed by atoms with E-state index >= 15 is 0 Å². The van der Waals surface area contributed by atoms with Crippen LogP contribution in [-0.2, 0) is 0 Å². The van der Waals surface area contributed by atoms with E-state index in [1.165, 1.54) is 0 Å². The lowest BCUT2D eigenvalue weighted by Gasteiger charge is -2.05. The number of para-hydroxylation sites is 1. The monoisotopic (exact) mass is 239 g/mol. The Morgan fingerprint density at radius 1 is 0.933 bits per heavy atom. The summed E-state index contributed by atoms with van der Waals surface area (Å²) in [4.78, 5) is 0. The van der Waals surface area contributed by atoms with E-state index in [2.05, 4.69) is 0 Å². The van der Waals surface area contributed by atoms with E-state index in [1.807, 2.05) is 48.5 Å². The second-order valence-electron chi connectivity index (χ2n) is 3.10. The van der Waals surface area contributed by atoms with Crippen molar-refractivity contribution in [3.05, 3.63) is 53.6 Å². The first kappa shape index (κ1) is 11.9. The predicted octanol–water partition coefficient (Wildman–Crippen LogP) is 4.01. The molecule has 0 atom stereocenters. The highest BCUT2D eigenvalue weighted by Crippen LogP contribution is 2.27. The van der Waals surface area contributed by atoms with Crippen molar-refractivity contribution in [3.8, 4) is 11.1 Å². The maximum absolute atomic E-state index is 5.91. The average Bonchev–Trinajstić information content (AvgIpc) is 2.18. The molecule has 0 spiro atoms. The minimum absolute atomic E-state index is 0. The third-order valence-corrected chi connectivity index (χ3v) is 2.33. The number of benzene rings is 2. The summed E-state index contributed by atoms with van der Waals surface area (Å²) >= 11 is 5.91. The summed E-state index contributed by atoms with van der Waals surface area (Å²) in [5.41, 5.74) is 8.71. The summed E-state index contributed by atoms with van der Waals surface area (Å²) in [5, 5.41) is 0.728. The zero-order valence-corrected chi connectivity index (χ0v) is 9.55. The van der Waals surface area contributed by atoms with Crippen molar-refractivity contribution in [1.82, 2.24) is 0 Å². The number of nitrogen functional groups attached to an aromatic ring is 1. The van der Waals surface area contributed by atoms with Gasteiger partial charge in [-0.1, -0.05) is 41.9 Å². The summed E-state index contributed by atoms with van der Waals surface area (Å²) in [6.45, 7) is 0. The Bertz CT molecular complexity index is 455. The SMILES string of the molecule is Cl.Nc1ccccc1-c1cccc(Cl)c1. The molecule has 0 unspecified atom stereocenters. The Morgan fingerprint density at radius 3 is 2.33 bits per heavy atom. The van der Waals surface area contributed by atoms with Crippen molar-refractivity contribution < 1.29 is 0 Å². The van der Waals surface area contributed by atoms with Gasteiger partial charge in [0.1, 0.15) is 0 Å². The van der Waals surface area contributed by atoms with E-state index in [9.17, 15) is 0 Å². The molecule has 3 heteroatoms. The Labute approximate surface area is 100 Å². The maximum atomic E-state index is 5.91. The maximum Gasteiger partial charge on any atom is 0.0412 e. The van der Waals surface area contributed by atoms with E-state index in [0.29, 0.717) is 0 Å². The molecule has 0 heterocycles. The Hall–Kier alpha value is -1.18. The standard InChI is InChI=1S/C12H10ClN.ClH/c13-10-5-3-4-9(8-10)11-6-1-2-7-12(11)14;/h1-8H,14H2;1H. The highest BCUT2D eigenvalue weighted by Gasteiger charge is 2.00. The zero-order valence-electron chi connectivity index (χ0n) is 7.98. The van der Waals surface area contributed by atoms with Crippen LogP contribution in [0.2, 0.25) is 5.02 Å². The molecule has 0 aliphatic rings. The molecular formula is C12H11Cl2N. The first-order valence-corrected chi connectivity index (χ1v) is 4.75. The molecule has 78 valence electrons. The van der Waals surface area contributed by atoms with Crippen molar-refractivity contribution in [3.63, 3.8) is 0 Å². The fraction of sp³-hybridized carbons (Fsp3) is 0. The average molecular weight is 240 g/mol. The quantitative estimate of drug-likeness (QED) is 0.748. The van der Waals surface area contributed by atoms with Crippen LogP contribution in [0.15, 0.2) is 48.5 Å². The highest BCUT2D eigenvalue weighted by atomic mass is 35.5. The molecule has 2 N–H and O–H groups in total. The smallest absolute Gasteiger partial charge is 0.0412 e. The minimum Gasteiger partial charge on any atom is -0.398 e. The van der Waals surface area contributed by atoms with Crippen LogP contribution < -0.4 is 5.73 Å². The van der Waals surface area contributed by atoms with Crippen LogP contribution in [0.25, 0.3) is 11.1 Å². The molecule has 1 nitrogen and oxygen atoms in total. The zero-order chi connectivity index (χ0) is 9.97. The molecule has 0 amide bonds. The van der Waals surface area contributed by atoms with E-state index in [4.69, 9.17) is 17.3 Å². The molecule has 0 fully saturated rings. The molecule has 15 heavy (non-hydrogen) atoms. The van der Waals surface area contributed by atoms with Gasteiger partial charge in [-0.05, 0) is 23.8 Å². The lowest BCUT2D eigenvalue weighted by Crippen LogP contribution is -1.88. The third kappa shape index (κ3) is 2.65. The Balaban J connectivity index is 0.00000112. The molecule has 2 aromatic carbocycles. The molecular weight excluding hydrogens is 229 g/mol. The van der Waals surface area contributed by atoms with Gasteiger partial charge in [-0.15, -0.1) is 12.4 Å². The minimum atomic E-state index is 0. The lowest BCUT2D eigenvalue weighted by atomic mass is 10.0. The van der Waals surface area contributed by atoms with Gasteiger partial charge in [-0.3, -0.25) is 0 Å². The van der Waals surface area contributed by atoms with Crippen molar-refractivity contribution in [2.75, 3.05) is 5.73 Å². The molecule has 0 bridgehead atoms. The van der Waals surface area contributed by atoms with Crippen LogP contribution in [0.4, 0.5) is 5.69 Å². The second kappa shape index (κ2) is 5.06. The summed E-state index contributed by atoms with van der Waals surface area (Å²) in [6.07, 6.45) is 0. The van der Waals surface area contributed by atoms with Crippen LogP contribution >= 0.6 is 24.0 Å². The van der Waals surface area contributed by atoms with E-state index in [0.717, 1.165) is 21.8 Å². The number of hydrogen-bond donors (Lipinski definition) is 1. The van der Waals surface area contributed by atoms with Crippen LogP contribution in [-0.4, -0.2) is 0 Å². The van der Waals surface area contributed by atoms with Gasteiger partial charge in [0.2, 0.25) is 0 Å². The first-order chi connectivity index (χ1) is 6.77. The summed E-state index contributed by atoms with van der Waals surface area (Å²) in [7, 11) is 0. The van der Waals surface area contributed by atoms with Gasteiger partial charge in [0.05, 0.1) is 0 Å². The van der Waals surface area contributed by atoms with Crippen LogP contribution in [0, 0.1) is 0 Å². The van der Waals surface area contributed by atoms with Gasteiger partial charge < -0.3 is 5.73 Å². The molecule has 2 aromatic rings. The lowest BCUT2D eigenvalue weighted by molar-refractivity contribution is 1.61. The van der Waals surface area contributed by atoms with Crippen LogP contribution in [0.1, 0.15) is 0 Å². The van der Waals surface area contributed by atoms with Gasteiger partial charge in [0.15, 0.2) is 0 Å². The van der Waals surface area contributed by atoms with Crippen LogP contribution in [0.5, 0.6) is 0 Å². The fourth-order valence-electron chi connectivity index (χ4n) is 1.42. The molecule has 0 radical (unpaired) electrons. The van der Waals surface area contributed by atoms with Gasteiger partial charge in [0.25, 0.3) is 0 Å². The summed E-state index contributed by atoms with van der Waals surface area (Å²) < 4.78 is 0. The number of anilines is 1. The number of halogens is 2. The molecule has 0 saturated heterocycles. The topological polar surface area (TPSA) is 26.0 Å². The molecule has 0 saturated carbocycles. The molecule has 2 rings (SSSR count). The van der Waals surface area contributed by atoms with Crippen LogP contribution in [0.3, 0.4) is 0 Å². The third-order valence-electron chi connectivity index (χ3n) is 2.10. The number of hydrogen-bond acceptors (Lipinski definition) is 1. The van der Waals surface area contributed by atoms with Crippen molar-refractivity contribution in [2.45, 2.75) is 0 Å².